The molecule has 2 aromatic carbocycles. The molecule has 3 rings (SSSR count). The maximum absolute atomic E-state index is 12.2. The summed E-state index contributed by atoms with van der Waals surface area (Å²) in [6.07, 6.45) is 0. The number of halogens is 1. The Morgan fingerprint density at radius 2 is 1.96 bits per heavy atom. The highest BCUT2D eigenvalue weighted by Gasteiger charge is 2.15. The van der Waals surface area contributed by atoms with E-state index in [-0.39, 0.29) is 18.2 Å². The number of nitrogens with one attached hydrogen (secondary N) is 1. The minimum atomic E-state index is -3.52. The fraction of sp³-hybridized carbons (Fsp3) is 0.176. The molecule has 1 aromatic heterocycles. The van der Waals surface area contributed by atoms with Crippen LogP contribution in [0.15, 0.2) is 53.1 Å². The van der Waals surface area contributed by atoms with E-state index in [0.717, 1.165) is 11.1 Å². The van der Waals surface area contributed by atoms with Gasteiger partial charge in [-0.15, -0.1) is 0 Å². The van der Waals surface area contributed by atoms with Crippen LogP contribution in [0.2, 0.25) is 5.02 Å². The van der Waals surface area contributed by atoms with Gasteiger partial charge in [-0.1, -0.05) is 53.2 Å². The Hall–Kier alpha value is -2.22. The van der Waals surface area contributed by atoms with Crippen molar-refractivity contribution >= 4 is 21.6 Å². The van der Waals surface area contributed by atoms with Gasteiger partial charge in [0.15, 0.2) is 0 Å². The molecule has 0 aliphatic carbocycles. The van der Waals surface area contributed by atoms with E-state index in [1.807, 2.05) is 25.1 Å². The zero-order valence-electron chi connectivity index (χ0n) is 13.4. The highest BCUT2D eigenvalue weighted by atomic mass is 35.5. The number of aromatic nitrogens is 2. The third-order valence-corrected chi connectivity index (χ3v) is 5.11. The Balaban J connectivity index is 1.66. The van der Waals surface area contributed by atoms with Gasteiger partial charge in [-0.05, 0) is 30.2 Å². The van der Waals surface area contributed by atoms with E-state index in [1.165, 1.54) is 0 Å². The standard InChI is InChI=1S/C17H16ClN3O3S/c1-12-5-2-3-6-14(12)11-25(22,23)19-10-16-20-17(21-24-16)13-7-4-8-15(18)9-13/h2-9,19H,10-11H2,1H3. The number of nitrogens with zero attached hydrogens (tertiary/aromatic N) is 2. The second kappa shape index (κ2) is 7.35. The molecule has 0 bridgehead atoms. The second-order valence-electron chi connectivity index (χ2n) is 5.53. The first kappa shape index (κ1) is 17.6. The fourth-order valence-corrected chi connectivity index (χ4v) is 3.64. The molecule has 0 aliphatic rings. The quantitative estimate of drug-likeness (QED) is 0.712. The van der Waals surface area contributed by atoms with Gasteiger partial charge in [0.2, 0.25) is 21.7 Å². The van der Waals surface area contributed by atoms with Gasteiger partial charge < -0.3 is 4.52 Å². The highest BCUT2D eigenvalue weighted by molar-refractivity contribution is 7.88. The first-order valence-electron chi connectivity index (χ1n) is 7.53. The fourth-order valence-electron chi connectivity index (χ4n) is 2.27. The SMILES string of the molecule is Cc1ccccc1CS(=O)(=O)NCc1nc(-c2cccc(Cl)c2)no1. The molecule has 130 valence electrons. The van der Waals surface area contributed by atoms with Crippen molar-refractivity contribution in [2.75, 3.05) is 0 Å². The summed E-state index contributed by atoms with van der Waals surface area (Å²) in [6, 6.07) is 14.4. The molecular formula is C17H16ClN3O3S. The Kier molecular flexibility index (Phi) is 5.17. The molecule has 0 radical (unpaired) electrons. The number of hydrogen-bond acceptors (Lipinski definition) is 5. The van der Waals surface area contributed by atoms with Crippen LogP contribution in [0, 0.1) is 6.92 Å². The summed E-state index contributed by atoms with van der Waals surface area (Å²) >= 11 is 5.93. The Morgan fingerprint density at radius 3 is 2.72 bits per heavy atom. The van der Waals surface area contributed by atoms with Crippen molar-refractivity contribution in [1.82, 2.24) is 14.9 Å². The molecule has 0 aliphatic heterocycles. The number of benzene rings is 2. The van der Waals surface area contributed by atoms with Gasteiger partial charge in [0.25, 0.3) is 0 Å². The molecule has 0 spiro atoms. The van der Waals surface area contributed by atoms with Crippen LogP contribution in [-0.2, 0) is 22.3 Å². The first-order valence-corrected chi connectivity index (χ1v) is 9.56. The monoisotopic (exact) mass is 377 g/mol. The first-order chi connectivity index (χ1) is 11.9. The minimum Gasteiger partial charge on any atom is -0.338 e. The number of aryl methyl sites for hydroxylation is 1. The second-order valence-corrected chi connectivity index (χ2v) is 7.77. The van der Waals surface area contributed by atoms with E-state index in [1.54, 1.807) is 30.3 Å². The van der Waals surface area contributed by atoms with Crippen molar-refractivity contribution < 1.29 is 12.9 Å². The summed E-state index contributed by atoms with van der Waals surface area (Å²) in [7, 11) is -3.52. The lowest BCUT2D eigenvalue weighted by atomic mass is 10.1. The summed E-state index contributed by atoms with van der Waals surface area (Å²) in [6.45, 7) is 1.81. The van der Waals surface area contributed by atoms with Gasteiger partial charge in [-0.2, -0.15) is 4.98 Å². The zero-order chi connectivity index (χ0) is 17.9. The van der Waals surface area contributed by atoms with Gasteiger partial charge in [0.1, 0.15) is 0 Å². The van der Waals surface area contributed by atoms with E-state index >= 15 is 0 Å². The van der Waals surface area contributed by atoms with Crippen LogP contribution >= 0.6 is 11.6 Å². The molecular weight excluding hydrogens is 362 g/mol. The Morgan fingerprint density at radius 1 is 1.16 bits per heavy atom. The molecule has 0 unspecified atom stereocenters. The van der Waals surface area contributed by atoms with Crippen molar-refractivity contribution in [3.05, 3.63) is 70.6 Å². The predicted octanol–water partition coefficient (Wildman–Crippen LogP) is 3.32. The molecule has 0 saturated carbocycles. The number of rotatable bonds is 6. The average molecular weight is 378 g/mol. The maximum Gasteiger partial charge on any atom is 0.242 e. The molecule has 6 nitrogen and oxygen atoms in total. The summed E-state index contributed by atoms with van der Waals surface area (Å²) < 4.78 is 32.0. The van der Waals surface area contributed by atoms with Crippen LogP contribution in [0.5, 0.6) is 0 Å². The molecule has 3 aromatic rings. The molecule has 1 heterocycles. The topological polar surface area (TPSA) is 85.1 Å². The predicted molar refractivity (Wildman–Crippen MR) is 95.4 cm³/mol. The van der Waals surface area contributed by atoms with E-state index < -0.39 is 10.0 Å². The third kappa shape index (κ3) is 4.66. The van der Waals surface area contributed by atoms with Gasteiger partial charge >= 0.3 is 0 Å². The highest BCUT2D eigenvalue weighted by Crippen LogP contribution is 2.20. The smallest absolute Gasteiger partial charge is 0.242 e. The zero-order valence-corrected chi connectivity index (χ0v) is 15.0. The van der Waals surface area contributed by atoms with Crippen molar-refractivity contribution in [1.29, 1.82) is 0 Å². The van der Waals surface area contributed by atoms with Crippen LogP contribution in [0.1, 0.15) is 17.0 Å². The summed E-state index contributed by atoms with van der Waals surface area (Å²) in [5.74, 6) is 0.438. The van der Waals surface area contributed by atoms with Crippen LogP contribution < -0.4 is 4.72 Å². The van der Waals surface area contributed by atoms with Gasteiger partial charge in [-0.3, -0.25) is 0 Å². The van der Waals surface area contributed by atoms with Crippen LogP contribution in [0.4, 0.5) is 0 Å². The molecule has 8 heteroatoms. The van der Waals surface area contributed by atoms with E-state index in [4.69, 9.17) is 16.1 Å². The van der Waals surface area contributed by atoms with Crippen LogP contribution in [-0.4, -0.2) is 18.6 Å². The average Bonchev–Trinajstić information content (AvgIpc) is 3.04. The minimum absolute atomic E-state index is 0.0677. The van der Waals surface area contributed by atoms with Crippen molar-refractivity contribution in [3.63, 3.8) is 0 Å². The molecule has 1 N–H and O–H groups in total. The van der Waals surface area contributed by atoms with Crippen LogP contribution in [0.25, 0.3) is 11.4 Å². The van der Waals surface area contributed by atoms with Gasteiger partial charge in [-0.25, -0.2) is 13.1 Å². The molecule has 0 amide bonds. The maximum atomic E-state index is 12.2. The summed E-state index contributed by atoms with van der Waals surface area (Å²) in [5.41, 5.74) is 2.37. The van der Waals surface area contributed by atoms with E-state index in [9.17, 15) is 8.42 Å². The lowest BCUT2D eigenvalue weighted by Gasteiger charge is -2.07. The Bertz CT molecular complexity index is 986. The molecule has 0 atom stereocenters. The van der Waals surface area contributed by atoms with Crippen molar-refractivity contribution in [3.8, 4) is 11.4 Å². The lowest BCUT2D eigenvalue weighted by Crippen LogP contribution is -2.25. The lowest BCUT2D eigenvalue weighted by molar-refractivity contribution is 0.376. The van der Waals surface area contributed by atoms with Crippen molar-refractivity contribution in [2.45, 2.75) is 19.2 Å². The normalized spacial score (nSPS) is 11.6. The van der Waals surface area contributed by atoms with Gasteiger partial charge in [0, 0.05) is 10.6 Å². The van der Waals surface area contributed by atoms with Crippen LogP contribution in [0.3, 0.4) is 0 Å². The van der Waals surface area contributed by atoms with Gasteiger partial charge in [0.05, 0.1) is 12.3 Å². The van der Waals surface area contributed by atoms with E-state index in [2.05, 4.69) is 14.9 Å². The Labute approximate surface area is 150 Å². The summed E-state index contributed by atoms with van der Waals surface area (Å²) in [5, 5.41) is 4.40. The van der Waals surface area contributed by atoms with Crippen molar-refractivity contribution in [2.24, 2.45) is 0 Å². The van der Waals surface area contributed by atoms with E-state index in [0.29, 0.717) is 16.4 Å². The molecule has 25 heavy (non-hydrogen) atoms. The summed E-state index contributed by atoms with van der Waals surface area (Å²) in [4.78, 5) is 4.19. The third-order valence-electron chi connectivity index (χ3n) is 3.60. The largest absolute Gasteiger partial charge is 0.338 e. The molecule has 0 saturated heterocycles. The number of hydrogen-bond donors (Lipinski definition) is 1. The number of sulfonamides is 1. The molecule has 0 fully saturated rings.